The maximum absolute atomic E-state index is 13.3. The van der Waals surface area contributed by atoms with Gasteiger partial charge in [0.15, 0.2) is 0 Å². The number of hydrogen-bond acceptors (Lipinski definition) is 7. The van der Waals surface area contributed by atoms with Crippen LogP contribution in [-0.4, -0.2) is 58.2 Å². The van der Waals surface area contributed by atoms with Crippen molar-refractivity contribution in [2.24, 2.45) is 0 Å². The molecule has 180 valence electrons. The SMILES string of the molecule is Cc1ccc(C)c(-n2nnnc2SCC(=O)Nc2cc(C(F)(F)F)ccc2N2CCOCC2)c1. The van der Waals surface area contributed by atoms with Gasteiger partial charge in [-0.1, -0.05) is 23.9 Å². The van der Waals surface area contributed by atoms with E-state index in [0.29, 0.717) is 37.1 Å². The minimum atomic E-state index is -4.52. The number of aromatic nitrogens is 4. The molecule has 0 saturated carbocycles. The van der Waals surface area contributed by atoms with E-state index >= 15 is 0 Å². The third-order valence-corrected chi connectivity index (χ3v) is 6.24. The monoisotopic (exact) mass is 492 g/mol. The fourth-order valence-corrected chi connectivity index (χ4v) is 4.26. The predicted octanol–water partition coefficient (Wildman–Crippen LogP) is 3.87. The second-order valence-corrected chi connectivity index (χ2v) is 8.77. The number of anilines is 2. The zero-order chi connectivity index (χ0) is 24.3. The Morgan fingerprint density at radius 2 is 1.88 bits per heavy atom. The highest BCUT2D eigenvalue weighted by Crippen LogP contribution is 2.36. The second kappa shape index (κ2) is 10.0. The van der Waals surface area contributed by atoms with Crippen molar-refractivity contribution in [3.63, 3.8) is 0 Å². The van der Waals surface area contributed by atoms with Gasteiger partial charge in [-0.2, -0.15) is 17.9 Å². The van der Waals surface area contributed by atoms with E-state index in [-0.39, 0.29) is 11.4 Å². The number of halogens is 3. The molecule has 12 heteroatoms. The van der Waals surface area contributed by atoms with E-state index in [0.717, 1.165) is 40.7 Å². The van der Waals surface area contributed by atoms with Gasteiger partial charge in [0.25, 0.3) is 0 Å². The summed E-state index contributed by atoms with van der Waals surface area (Å²) in [5.41, 5.74) is 2.59. The van der Waals surface area contributed by atoms with Gasteiger partial charge in [0.1, 0.15) is 0 Å². The maximum Gasteiger partial charge on any atom is 0.416 e. The standard InChI is InChI=1S/C22H23F3N6O2S/c1-14-3-4-15(2)19(11-14)31-21(27-28-29-31)34-13-20(32)26-17-12-16(22(23,24)25)5-6-18(17)30-7-9-33-10-8-30/h3-6,11-12H,7-10,13H2,1-2H3,(H,26,32). The topological polar surface area (TPSA) is 85.2 Å². The Kier molecular flexibility index (Phi) is 7.08. The van der Waals surface area contributed by atoms with E-state index in [9.17, 15) is 18.0 Å². The summed E-state index contributed by atoms with van der Waals surface area (Å²) < 4.78 is 46.8. The molecule has 34 heavy (non-hydrogen) atoms. The number of morpholine rings is 1. The third kappa shape index (κ3) is 5.50. The lowest BCUT2D eigenvalue weighted by Gasteiger charge is -2.31. The van der Waals surface area contributed by atoms with E-state index in [1.54, 1.807) is 4.68 Å². The average molecular weight is 493 g/mol. The summed E-state index contributed by atoms with van der Waals surface area (Å²) >= 11 is 1.10. The largest absolute Gasteiger partial charge is 0.416 e. The third-order valence-electron chi connectivity index (χ3n) is 5.32. The number of aryl methyl sites for hydroxylation is 2. The summed E-state index contributed by atoms with van der Waals surface area (Å²) in [6.45, 7) is 5.85. The predicted molar refractivity (Wildman–Crippen MR) is 122 cm³/mol. The van der Waals surface area contributed by atoms with Crippen molar-refractivity contribution in [1.29, 1.82) is 0 Å². The Balaban J connectivity index is 1.51. The lowest BCUT2D eigenvalue weighted by molar-refractivity contribution is -0.137. The number of amides is 1. The highest BCUT2D eigenvalue weighted by Gasteiger charge is 2.32. The lowest BCUT2D eigenvalue weighted by Crippen LogP contribution is -2.37. The highest BCUT2D eigenvalue weighted by molar-refractivity contribution is 7.99. The second-order valence-electron chi connectivity index (χ2n) is 7.83. The zero-order valence-corrected chi connectivity index (χ0v) is 19.4. The van der Waals surface area contributed by atoms with E-state index in [4.69, 9.17) is 4.74 Å². The molecule has 1 N–H and O–H groups in total. The number of ether oxygens (including phenoxy) is 1. The molecule has 0 spiro atoms. The van der Waals surface area contributed by atoms with Gasteiger partial charge >= 0.3 is 6.18 Å². The van der Waals surface area contributed by atoms with E-state index in [1.165, 1.54) is 6.07 Å². The molecule has 2 aromatic carbocycles. The molecule has 0 atom stereocenters. The van der Waals surface area contributed by atoms with Gasteiger partial charge < -0.3 is 15.0 Å². The van der Waals surface area contributed by atoms with Crippen LogP contribution in [0.25, 0.3) is 5.69 Å². The van der Waals surface area contributed by atoms with Crippen LogP contribution in [0.5, 0.6) is 0 Å². The number of carbonyl (C=O) groups excluding carboxylic acids is 1. The fourth-order valence-electron chi connectivity index (χ4n) is 3.58. The number of rotatable bonds is 6. The quantitative estimate of drug-likeness (QED) is 0.523. The molecule has 8 nitrogen and oxygen atoms in total. The molecule has 1 fully saturated rings. The van der Waals surface area contributed by atoms with Crippen LogP contribution >= 0.6 is 11.8 Å². The maximum atomic E-state index is 13.3. The normalized spacial score (nSPS) is 14.3. The first-order valence-electron chi connectivity index (χ1n) is 10.5. The first-order chi connectivity index (χ1) is 16.2. The molecule has 4 rings (SSSR count). The first kappa shape index (κ1) is 24.0. The van der Waals surface area contributed by atoms with Crippen LogP contribution in [0.15, 0.2) is 41.6 Å². The molecule has 3 aromatic rings. The summed E-state index contributed by atoms with van der Waals surface area (Å²) in [7, 11) is 0. The minimum absolute atomic E-state index is 0.0793. The van der Waals surface area contributed by atoms with E-state index in [1.807, 2.05) is 36.9 Å². The van der Waals surface area contributed by atoms with Crippen molar-refractivity contribution in [2.45, 2.75) is 25.2 Å². The van der Waals surface area contributed by atoms with Crippen molar-refractivity contribution in [1.82, 2.24) is 20.2 Å². The molecule has 1 amide bonds. The Labute approximate surface area is 198 Å². The van der Waals surface area contributed by atoms with Gasteiger partial charge in [-0.15, -0.1) is 5.10 Å². The molecule has 0 bridgehead atoms. The van der Waals surface area contributed by atoms with Crippen LogP contribution in [0.2, 0.25) is 0 Å². The van der Waals surface area contributed by atoms with Crippen molar-refractivity contribution >= 4 is 29.0 Å². The van der Waals surface area contributed by atoms with Crippen LogP contribution < -0.4 is 10.2 Å². The van der Waals surface area contributed by atoms with Gasteiger partial charge in [0.05, 0.1) is 41.6 Å². The van der Waals surface area contributed by atoms with Crippen LogP contribution in [0.4, 0.5) is 24.5 Å². The number of thioether (sulfide) groups is 1. The summed E-state index contributed by atoms with van der Waals surface area (Å²) in [4.78, 5) is 14.6. The summed E-state index contributed by atoms with van der Waals surface area (Å²) in [6.07, 6.45) is -4.52. The minimum Gasteiger partial charge on any atom is -0.378 e. The van der Waals surface area contributed by atoms with Crippen molar-refractivity contribution < 1.29 is 22.7 Å². The van der Waals surface area contributed by atoms with Gasteiger partial charge in [-0.05, 0) is 59.7 Å². The smallest absolute Gasteiger partial charge is 0.378 e. The Hall–Kier alpha value is -3.12. The molecule has 1 saturated heterocycles. The van der Waals surface area contributed by atoms with Gasteiger partial charge in [0, 0.05) is 13.1 Å². The molecular weight excluding hydrogens is 469 g/mol. The number of alkyl halides is 3. The van der Waals surface area contributed by atoms with Crippen LogP contribution in [-0.2, 0) is 15.7 Å². The molecule has 1 aliphatic rings. The Bertz CT molecular complexity index is 1180. The molecule has 1 aliphatic heterocycles. The molecule has 2 heterocycles. The summed E-state index contributed by atoms with van der Waals surface area (Å²) in [5.74, 6) is -0.543. The highest BCUT2D eigenvalue weighted by atomic mass is 32.2. The molecule has 1 aromatic heterocycles. The molecule has 0 unspecified atom stereocenters. The number of hydrogen-bond donors (Lipinski definition) is 1. The first-order valence-corrected chi connectivity index (χ1v) is 11.5. The lowest BCUT2D eigenvalue weighted by atomic mass is 10.1. The van der Waals surface area contributed by atoms with Crippen molar-refractivity contribution in [3.8, 4) is 5.69 Å². The Morgan fingerprint density at radius 3 is 2.62 bits per heavy atom. The number of nitrogens with one attached hydrogen (secondary N) is 1. The fraction of sp³-hybridized carbons (Fsp3) is 0.364. The average Bonchev–Trinajstić information content (AvgIpc) is 3.27. The van der Waals surface area contributed by atoms with E-state index in [2.05, 4.69) is 20.8 Å². The Morgan fingerprint density at radius 1 is 1.12 bits per heavy atom. The molecular formula is C22H23F3N6O2S. The van der Waals surface area contributed by atoms with Crippen molar-refractivity contribution in [2.75, 3.05) is 42.3 Å². The van der Waals surface area contributed by atoms with Crippen LogP contribution in [0.3, 0.4) is 0 Å². The number of nitrogens with zero attached hydrogens (tertiary/aromatic N) is 5. The van der Waals surface area contributed by atoms with Gasteiger partial charge in [-0.25, -0.2) is 0 Å². The summed E-state index contributed by atoms with van der Waals surface area (Å²) in [6, 6.07) is 9.24. The zero-order valence-electron chi connectivity index (χ0n) is 18.6. The molecule has 0 radical (unpaired) electrons. The summed E-state index contributed by atoms with van der Waals surface area (Å²) in [5, 5.41) is 14.8. The number of carbonyl (C=O) groups is 1. The number of benzene rings is 2. The van der Waals surface area contributed by atoms with Crippen molar-refractivity contribution in [3.05, 3.63) is 53.1 Å². The number of tetrazole rings is 1. The van der Waals surface area contributed by atoms with Crippen LogP contribution in [0.1, 0.15) is 16.7 Å². The van der Waals surface area contributed by atoms with Gasteiger partial charge in [0.2, 0.25) is 11.1 Å². The molecule has 0 aliphatic carbocycles. The van der Waals surface area contributed by atoms with E-state index < -0.39 is 17.6 Å². The van der Waals surface area contributed by atoms with Crippen LogP contribution in [0, 0.1) is 13.8 Å². The van der Waals surface area contributed by atoms with Gasteiger partial charge in [-0.3, -0.25) is 4.79 Å².